The molecular weight excluding hydrogens is 354 g/mol. The number of H-pyrrole nitrogens is 1. The van der Waals surface area contributed by atoms with E-state index in [1.54, 1.807) is 6.33 Å². The van der Waals surface area contributed by atoms with Crippen LogP contribution in [0.5, 0.6) is 5.75 Å². The molecule has 1 aromatic carbocycles. The molecule has 0 atom stereocenters. The molecule has 146 valence electrons. The molecule has 1 aliphatic carbocycles. The van der Waals surface area contributed by atoms with Gasteiger partial charge in [0.1, 0.15) is 11.3 Å². The molecule has 0 bridgehead atoms. The van der Waals surface area contributed by atoms with Gasteiger partial charge in [0.25, 0.3) is 5.91 Å². The second-order valence-corrected chi connectivity index (χ2v) is 7.08. The fourth-order valence-electron chi connectivity index (χ4n) is 3.78. The Morgan fingerprint density at radius 1 is 1.39 bits per heavy atom. The van der Waals surface area contributed by atoms with Gasteiger partial charge in [-0.25, -0.2) is 4.98 Å². The van der Waals surface area contributed by atoms with Gasteiger partial charge in [-0.15, -0.1) is 0 Å². The Morgan fingerprint density at radius 3 is 3.11 bits per heavy atom. The van der Waals surface area contributed by atoms with Crippen LogP contribution in [-0.4, -0.2) is 29.1 Å². The molecule has 1 aromatic heterocycles. The lowest BCUT2D eigenvalue weighted by atomic mass is 9.93. The molecule has 1 amide bonds. The third kappa shape index (κ3) is 3.42. The molecule has 6 heteroatoms. The van der Waals surface area contributed by atoms with Crippen molar-refractivity contribution < 1.29 is 14.3 Å². The number of aromatic amines is 1. The fourth-order valence-corrected chi connectivity index (χ4v) is 3.78. The number of nitrogens with two attached hydrogens (primary N) is 1. The van der Waals surface area contributed by atoms with Crippen molar-refractivity contribution in [2.24, 2.45) is 5.73 Å². The number of nitrogens with zero attached hydrogens (tertiary/aromatic N) is 1. The lowest BCUT2D eigenvalue weighted by Gasteiger charge is -2.21. The zero-order valence-electron chi connectivity index (χ0n) is 16.1. The molecule has 6 nitrogen and oxygen atoms in total. The second-order valence-electron chi connectivity index (χ2n) is 7.08. The summed E-state index contributed by atoms with van der Waals surface area (Å²) in [7, 11) is 0. The summed E-state index contributed by atoms with van der Waals surface area (Å²) in [6.07, 6.45) is 12.8. The maximum absolute atomic E-state index is 12.1. The van der Waals surface area contributed by atoms with Crippen molar-refractivity contribution in [3.63, 3.8) is 0 Å². The quantitative estimate of drug-likeness (QED) is 0.813. The van der Waals surface area contributed by atoms with Crippen LogP contribution >= 0.6 is 0 Å². The molecule has 2 aliphatic rings. The number of fused-ring (bicyclic) bond motifs is 1. The average Bonchev–Trinajstić information content (AvgIpc) is 3.15. The Bertz CT molecular complexity index is 998. The highest BCUT2D eigenvalue weighted by molar-refractivity contribution is 6.09. The number of benzene rings is 1. The van der Waals surface area contributed by atoms with Gasteiger partial charge in [-0.2, -0.15) is 0 Å². The second kappa shape index (κ2) is 7.92. The number of carbonyl (C=O) groups excluding carboxylic acids is 1. The van der Waals surface area contributed by atoms with Gasteiger partial charge in [0.15, 0.2) is 0 Å². The van der Waals surface area contributed by atoms with Gasteiger partial charge in [-0.1, -0.05) is 19.1 Å². The topological polar surface area (TPSA) is 90.2 Å². The highest BCUT2D eigenvalue weighted by atomic mass is 16.5. The minimum atomic E-state index is -0.528. The zero-order chi connectivity index (χ0) is 19.5. The number of ether oxygens (including phenoxy) is 2. The van der Waals surface area contributed by atoms with E-state index in [9.17, 15) is 4.79 Å². The van der Waals surface area contributed by atoms with E-state index in [0.29, 0.717) is 29.0 Å². The van der Waals surface area contributed by atoms with Crippen molar-refractivity contribution in [1.82, 2.24) is 9.97 Å². The molecule has 0 spiro atoms. The minimum absolute atomic E-state index is 0.348. The van der Waals surface area contributed by atoms with E-state index in [0.717, 1.165) is 55.6 Å². The van der Waals surface area contributed by atoms with E-state index in [1.807, 2.05) is 13.0 Å². The van der Waals surface area contributed by atoms with Gasteiger partial charge < -0.3 is 20.2 Å². The fraction of sp³-hybridized carbons (Fsp3) is 0.364. The molecule has 2 aromatic rings. The molecule has 0 unspecified atom stereocenters. The molecule has 0 saturated heterocycles. The molecule has 0 saturated carbocycles. The van der Waals surface area contributed by atoms with Crippen LogP contribution in [0.2, 0.25) is 0 Å². The van der Waals surface area contributed by atoms with Crippen LogP contribution in [0.3, 0.4) is 0 Å². The van der Waals surface area contributed by atoms with Crippen molar-refractivity contribution in [2.75, 3.05) is 13.2 Å². The highest BCUT2D eigenvalue weighted by Gasteiger charge is 2.22. The average molecular weight is 379 g/mol. The van der Waals surface area contributed by atoms with E-state index < -0.39 is 5.91 Å². The van der Waals surface area contributed by atoms with Crippen LogP contribution < -0.4 is 10.5 Å². The third-order valence-electron chi connectivity index (χ3n) is 5.08. The molecule has 4 rings (SSSR count). The predicted molar refractivity (Wildman–Crippen MR) is 109 cm³/mol. The zero-order valence-corrected chi connectivity index (χ0v) is 16.1. The van der Waals surface area contributed by atoms with Gasteiger partial charge >= 0.3 is 0 Å². The standard InChI is InChI=1S/C22H25N3O3/c1-2-9-27-18-12-16(20-21(25-13-24-20)19(18)22(23)26)14-6-3-4-8-17-15(11-14)7-5-10-28-17/h3,6,11-13H,2,4-5,7-10H2,1H3,(H2,23,26)(H,24,25). The summed E-state index contributed by atoms with van der Waals surface area (Å²) in [6, 6.07) is 1.89. The molecular formula is C22H25N3O3. The molecule has 3 N–H and O–H groups in total. The van der Waals surface area contributed by atoms with E-state index in [2.05, 4.69) is 28.2 Å². The van der Waals surface area contributed by atoms with Crippen molar-refractivity contribution in [3.8, 4) is 5.75 Å². The van der Waals surface area contributed by atoms with Crippen molar-refractivity contribution in [1.29, 1.82) is 0 Å². The first-order valence-corrected chi connectivity index (χ1v) is 9.85. The number of rotatable bonds is 5. The Labute approximate surface area is 164 Å². The van der Waals surface area contributed by atoms with E-state index >= 15 is 0 Å². The lowest BCUT2D eigenvalue weighted by molar-refractivity contribution is 0.0998. The van der Waals surface area contributed by atoms with Crippen LogP contribution in [0.15, 0.2) is 42.0 Å². The number of aromatic nitrogens is 2. The van der Waals surface area contributed by atoms with E-state index in [1.165, 1.54) is 5.57 Å². The first-order valence-electron chi connectivity index (χ1n) is 9.85. The Morgan fingerprint density at radius 2 is 2.29 bits per heavy atom. The molecule has 0 fully saturated rings. The summed E-state index contributed by atoms with van der Waals surface area (Å²) in [5, 5.41) is 0. The lowest BCUT2D eigenvalue weighted by Crippen LogP contribution is -2.15. The highest BCUT2D eigenvalue weighted by Crippen LogP contribution is 2.36. The van der Waals surface area contributed by atoms with Gasteiger partial charge in [0.2, 0.25) is 0 Å². The number of primary amides is 1. The number of hydrogen-bond acceptors (Lipinski definition) is 4. The van der Waals surface area contributed by atoms with Gasteiger partial charge in [0.05, 0.1) is 36.3 Å². The first-order chi connectivity index (χ1) is 13.7. The van der Waals surface area contributed by atoms with Crippen molar-refractivity contribution >= 4 is 22.5 Å². The number of allylic oxidation sites excluding steroid dienone is 6. The van der Waals surface area contributed by atoms with E-state index in [-0.39, 0.29) is 0 Å². The SMILES string of the molecule is CCCOc1cc(C2=CC3=C(CCC=C2)OCCC3)c2nc[nH]c2c1C(N)=O. The normalized spacial score (nSPS) is 16.8. The minimum Gasteiger partial charge on any atom is -0.498 e. The Hall–Kier alpha value is -3.02. The number of imidazole rings is 1. The number of amides is 1. The summed E-state index contributed by atoms with van der Waals surface area (Å²) < 4.78 is 11.8. The van der Waals surface area contributed by atoms with E-state index in [4.69, 9.17) is 15.2 Å². The van der Waals surface area contributed by atoms with Crippen molar-refractivity contribution in [2.45, 2.75) is 39.0 Å². The number of hydrogen-bond donors (Lipinski definition) is 2. The maximum Gasteiger partial charge on any atom is 0.254 e. The molecule has 1 aliphatic heterocycles. The molecule has 0 radical (unpaired) electrons. The number of carbonyl (C=O) groups is 1. The largest absolute Gasteiger partial charge is 0.498 e. The summed E-state index contributed by atoms with van der Waals surface area (Å²) in [6.45, 7) is 3.33. The van der Waals surface area contributed by atoms with Crippen LogP contribution in [0.1, 0.15) is 54.9 Å². The van der Waals surface area contributed by atoms with Crippen molar-refractivity contribution in [3.05, 3.63) is 53.1 Å². The summed E-state index contributed by atoms with van der Waals surface area (Å²) >= 11 is 0. The summed E-state index contributed by atoms with van der Waals surface area (Å²) in [5.74, 6) is 1.05. The monoisotopic (exact) mass is 379 g/mol. The molecule has 2 heterocycles. The van der Waals surface area contributed by atoms with Crippen LogP contribution in [0.4, 0.5) is 0 Å². The molecule has 28 heavy (non-hydrogen) atoms. The van der Waals surface area contributed by atoms with Crippen LogP contribution in [0.25, 0.3) is 16.6 Å². The number of nitrogens with one attached hydrogen (secondary N) is 1. The maximum atomic E-state index is 12.1. The van der Waals surface area contributed by atoms with Gasteiger partial charge in [-0.3, -0.25) is 4.79 Å². The van der Waals surface area contributed by atoms with Crippen LogP contribution in [-0.2, 0) is 4.74 Å². The third-order valence-corrected chi connectivity index (χ3v) is 5.08. The first kappa shape index (κ1) is 18.3. The smallest absolute Gasteiger partial charge is 0.254 e. The summed E-state index contributed by atoms with van der Waals surface area (Å²) in [4.78, 5) is 19.7. The van der Waals surface area contributed by atoms with Crippen LogP contribution in [0, 0.1) is 0 Å². The predicted octanol–water partition coefficient (Wildman–Crippen LogP) is 4.25. The Balaban J connectivity index is 1.91. The van der Waals surface area contributed by atoms with Gasteiger partial charge in [-0.05, 0) is 49.0 Å². The van der Waals surface area contributed by atoms with Gasteiger partial charge in [0, 0.05) is 12.0 Å². The summed E-state index contributed by atoms with van der Waals surface area (Å²) in [5.41, 5.74) is 10.5. The Kier molecular flexibility index (Phi) is 5.19.